The van der Waals surface area contributed by atoms with Gasteiger partial charge in [-0.2, -0.15) is 0 Å². The lowest BCUT2D eigenvalue weighted by Gasteiger charge is -2.18. The van der Waals surface area contributed by atoms with Gasteiger partial charge in [-0.1, -0.05) is 12.1 Å². The molecule has 0 saturated carbocycles. The van der Waals surface area contributed by atoms with Crippen LogP contribution in [0.1, 0.15) is 18.7 Å². The Labute approximate surface area is 196 Å². The quantitative estimate of drug-likeness (QED) is 0.459. The van der Waals surface area contributed by atoms with Gasteiger partial charge in [0.25, 0.3) is 5.56 Å². The van der Waals surface area contributed by atoms with Crippen LogP contribution in [0, 0.1) is 6.92 Å². The number of hydrogen-bond acceptors (Lipinski definition) is 7. The number of fused-ring (bicyclic) bond motifs is 1. The second-order valence-corrected chi connectivity index (χ2v) is 8.30. The van der Waals surface area contributed by atoms with Gasteiger partial charge >= 0.3 is 0 Å². The number of rotatable bonds is 6. The number of amides is 1. The molecular formula is C25H25N7O2. The van der Waals surface area contributed by atoms with Gasteiger partial charge in [-0.25, -0.2) is 15.0 Å². The van der Waals surface area contributed by atoms with Crippen molar-refractivity contribution in [1.29, 1.82) is 0 Å². The zero-order valence-corrected chi connectivity index (χ0v) is 18.9. The van der Waals surface area contributed by atoms with Gasteiger partial charge in [-0.3, -0.25) is 14.2 Å². The molecule has 4 aromatic rings. The Morgan fingerprint density at radius 1 is 1.00 bits per heavy atom. The number of aromatic nitrogens is 4. The van der Waals surface area contributed by atoms with E-state index in [1.165, 1.54) is 23.7 Å². The maximum absolute atomic E-state index is 12.6. The van der Waals surface area contributed by atoms with E-state index < -0.39 is 0 Å². The van der Waals surface area contributed by atoms with Crippen LogP contribution in [0.5, 0.6) is 0 Å². The Morgan fingerprint density at radius 3 is 2.53 bits per heavy atom. The number of aryl methyl sites for hydroxylation is 1. The monoisotopic (exact) mass is 455 g/mol. The highest BCUT2D eigenvalue weighted by molar-refractivity contribution is 5.91. The fraction of sp³-hybridized carbons (Fsp3) is 0.240. The van der Waals surface area contributed by atoms with E-state index in [2.05, 4.69) is 30.5 Å². The standard InChI is InChI=1S/C25H25N7O2/c1-17-27-22(14-23(28-17)31-12-4-5-13-31)29-18-8-10-19(11-9-18)30-24(33)15-32-16-26-21-7-3-2-6-20(21)25(32)34/h2-3,6-11,14,16H,4-5,12-13,15H2,1H3,(H,30,33)(H,27,28,29). The van der Waals surface area contributed by atoms with Gasteiger partial charge in [-0.05, 0) is 56.2 Å². The molecule has 1 aliphatic heterocycles. The maximum Gasteiger partial charge on any atom is 0.261 e. The van der Waals surface area contributed by atoms with Crippen molar-refractivity contribution >= 4 is 39.8 Å². The molecule has 0 aliphatic carbocycles. The summed E-state index contributed by atoms with van der Waals surface area (Å²) in [5.74, 6) is 2.08. The molecule has 2 aromatic carbocycles. The summed E-state index contributed by atoms with van der Waals surface area (Å²) in [6.45, 7) is 3.81. The molecule has 0 bridgehead atoms. The molecule has 5 rings (SSSR count). The van der Waals surface area contributed by atoms with Crippen LogP contribution in [0.4, 0.5) is 23.0 Å². The molecule has 2 N–H and O–H groups in total. The Kier molecular flexibility index (Phi) is 5.90. The number of carbonyl (C=O) groups excluding carboxylic acids is 1. The largest absolute Gasteiger partial charge is 0.356 e. The van der Waals surface area contributed by atoms with Crippen molar-refractivity contribution in [2.24, 2.45) is 0 Å². The van der Waals surface area contributed by atoms with Gasteiger partial charge in [0.05, 0.1) is 17.2 Å². The van der Waals surface area contributed by atoms with E-state index in [4.69, 9.17) is 0 Å². The van der Waals surface area contributed by atoms with Crippen LogP contribution in [0.3, 0.4) is 0 Å². The Balaban J connectivity index is 1.24. The number of para-hydroxylation sites is 1. The third kappa shape index (κ3) is 4.73. The third-order valence-corrected chi connectivity index (χ3v) is 5.74. The normalized spacial score (nSPS) is 13.3. The summed E-state index contributed by atoms with van der Waals surface area (Å²) in [7, 11) is 0. The fourth-order valence-electron chi connectivity index (χ4n) is 4.08. The molecule has 1 aliphatic rings. The molecule has 0 atom stereocenters. The first-order valence-electron chi connectivity index (χ1n) is 11.3. The molecule has 3 heterocycles. The van der Waals surface area contributed by atoms with Crippen molar-refractivity contribution < 1.29 is 4.79 Å². The molecule has 2 aromatic heterocycles. The molecule has 0 spiro atoms. The van der Waals surface area contributed by atoms with E-state index in [1.807, 2.05) is 31.2 Å². The minimum Gasteiger partial charge on any atom is -0.356 e. The second-order valence-electron chi connectivity index (χ2n) is 8.30. The molecular weight excluding hydrogens is 430 g/mol. The van der Waals surface area contributed by atoms with Crippen molar-refractivity contribution in [3.63, 3.8) is 0 Å². The average Bonchev–Trinajstić information content (AvgIpc) is 3.37. The van der Waals surface area contributed by atoms with E-state index in [0.29, 0.717) is 22.4 Å². The molecule has 9 nitrogen and oxygen atoms in total. The smallest absolute Gasteiger partial charge is 0.261 e. The number of nitrogens with one attached hydrogen (secondary N) is 2. The molecule has 1 fully saturated rings. The first kappa shape index (κ1) is 21.6. The predicted octanol–water partition coefficient (Wildman–Crippen LogP) is 3.48. The second kappa shape index (κ2) is 9.30. The van der Waals surface area contributed by atoms with E-state index >= 15 is 0 Å². The van der Waals surface area contributed by atoms with Crippen LogP contribution in [-0.4, -0.2) is 38.5 Å². The van der Waals surface area contributed by atoms with Gasteiger partial charge in [0.15, 0.2) is 0 Å². The number of hydrogen-bond donors (Lipinski definition) is 2. The summed E-state index contributed by atoms with van der Waals surface area (Å²) in [5.41, 5.74) is 1.85. The molecule has 0 radical (unpaired) electrons. The van der Waals surface area contributed by atoms with Crippen LogP contribution in [0.2, 0.25) is 0 Å². The molecule has 34 heavy (non-hydrogen) atoms. The average molecular weight is 456 g/mol. The zero-order chi connectivity index (χ0) is 23.5. The lowest BCUT2D eigenvalue weighted by molar-refractivity contribution is -0.116. The summed E-state index contributed by atoms with van der Waals surface area (Å²) in [4.78, 5) is 40.7. The van der Waals surface area contributed by atoms with Crippen LogP contribution < -0.4 is 21.1 Å². The molecule has 172 valence electrons. The van der Waals surface area contributed by atoms with E-state index in [1.54, 1.807) is 30.3 Å². The minimum atomic E-state index is -0.304. The number of benzene rings is 2. The first-order chi connectivity index (χ1) is 16.5. The predicted molar refractivity (Wildman–Crippen MR) is 133 cm³/mol. The van der Waals surface area contributed by atoms with Gasteiger partial charge in [0.2, 0.25) is 5.91 Å². The first-order valence-corrected chi connectivity index (χ1v) is 11.3. The lowest BCUT2D eigenvalue weighted by Crippen LogP contribution is -2.27. The van der Waals surface area contributed by atoms with Crippen molar-refractivity contribution in [3.8, 4) is 0 Å². The van der Waals surface area contributed by atoms with E-state index in [9.17, 15) is 9.59 Å². The maximum atomic E-state index is 12.6. The van der Waals surface area contributed by atoms with Crippen molar-refractivity contribution in [3.05, 3.63) is 77.1 Å². The van der Waals surface area contributed by atoms with Crippen LogP contribution >= 0.6 is 0 Å². The SMILES string of the molecule is Cc1nc(Nc2ccc(NC(=O)Cn3cnc4ccccc4c3=O)cc2)cc(N2CCCC2)n1. The third-order valence-electron chi connectivity index (χ3n) is 5.74. The van der Waals surface area contributed by atoms with E-state index in [0.717, 1.165) is 30.4 Å². The van der Waals surface area contributed by atoms with E-state index in [-0.39, 0.29) is 18.0 Å². The van der Waals surface area contributed by atoms with Crippen molar-refractivity contribution in [1.82, 2.24) is 19.5 Å². The Bertz CT molecular complexity index is 1390. The van der Waals surface area contributed by atoms with Gasteiger partial charge in [0.1, 0.15) is 24.0 Å². The van der Waals surface area contributed by atoms with Crippen LogP contribution in [0.15, 0.2) is 65.7 Å². The highest BCUT2D eigenvalue weighted by atomic mass is 16.2. The Morgan fingerprint density at radius 2 is 1.74 bits per heavy atom. The molecule has 1 amide bonds. The summed E-state index contributed by atoms with van der Waals surface area (Å²) >= 11 is 0. The summed E-state index contributed by atoms with van der Waals surface area (Å²) in [5, 5.41) is 6.62. The number of anilines is 4. The molecule has 0 unspecified atom stereocenters. The van der Waals surface area contributed by atoms with Crippen LogP contribution in [-0.2, 0) is 11.3 Å². The van der Waals surface area contributed by atoms with Gasteiger partial charge in [0, 0.05) is 30.5 Å². The fourth-order valence-corrected chi connectivity index (χ4v) is 4.08. The summed E-state index contributed by atoms with van der Waals surface area (Å²) in [6, 6.07) is 16.4. The van der Waals surface area contributed by atoms with Crippen molar-refractivity contribution in [2.45, 2.75) is 26.3 Å². The minimum absolute atomic E-state index is 0.115. The number of carbonyl (C=O) groups is 1. The van der Waals surface area contributed by atoms with Gasteiger partial charge in [-0.15, -0.1) is 0 Å². The highest BCUT2D eigenvalue weighted by Crippen LogP contribution is 2.23. The Hall–Kier alpha value is -4.27. The van der Waals surface area contributed by atoms with Gasteiger partial charge < -0.3 is 15.5 Å². The lowest BCUT2D eigenvalue weighted by atomic mass is 10.2. The molecule has 1 saturated heterocycles. The van der Waals surface area contributed by atoms with Crippen molar-refractivity contribution in [2.75, 3.05) is 28.6 Å². The topological polar surface area (TPSA) is 105 Å². The van der Waals surface area contributed by atoms with Crippen LogP contribution in [0.25, 0.3) is 10.9 Å². The number of nitrogens with zero attached hydrogens (tertiary/aromatic N) is 5. The molecule has 9 heteroatoms. The summed E-state index contributed by atoms with van der Waals surface area (Å²) < 4.78 is 1.31. The zero-order valence-electron chi connectivity index (χ0n) is 18.9. The highest BCUT2D eigenvalue weighted by Gasteiger charge is 2.15. The summed E-state index contributed by atoms with van der Waals surface area (Å²) in [6.07, 6.45) is 3.77.